The molecule has 0 amide bonds. The second-order valence-corrected chi connectivity index (χ2v) is 9.64. The molecule has 3 heterocycles. The lowest BCUT2D eigenvalue weighted by Crippen LogP contribution is -2.34. The zero-order chi connectivity index (χ0) is 24.7. The molecule has 4 rings (SSSR count). The molecule has 1 aromatic heterocycles. The Morgan fingerprint density at radius 2 is 1.88 bits per heavy atom. The minimum atomic E-state index is -4.49. The van der Waals surface area contributed by atoms with Gasteiger partial charge in [0.15, 0.2) is 0 Å². The van der Waals surface area contributed by atoms with Crippen LogP contribution in [0.2, 0.25) is 0 Å². The first kappa shape index (κ1) is 23.9. The summed E-state index contributed by atoms with van der Waals surface area (Å²) in [6.45, 7) is 6.02. The van der Waals surface area contributed by atoms with Crippen molar-refractivity contribution in [1.82, 2.24) is 4.98 Å². The van der Waals surface area contributed by atoms with E-state index in [0.717, 1.165) is 30.4 Å². The van der Waals surface area contributed by atoms with Crippen LogP contribution in [0.15, 0.2) is 47.9 Å². The molecule has 0 bridgehead atoms. The van der Waals surface area contributed by atoms with Gasteiger partial charge in [0, 0.05) is 62.0 Å². The van der Waals surface area contributed by atoms with Crippen molar-refractivity contribution in [3.05, 3.63) is 59.0 Å². The van der Waals surface area contributed by atoms with Gasteiger partial charge >= 0.3 is 6.18 Å². The van der Waals surface area contributed by atoms with E-state index in [9.17, 15) is 13.2 Å². The third kappa shape index (κ3) is 4.69. The van der Waals surface area contributed by atoms with Gasteiger partial charge in [0.05, 0.1) is 5.56 Å². The number of nitrogens with two attached hydrogens (primary N) is 1. The molecule has 9 heteroatoms. The predicted molar refractivity (Wildman–Crippen MR) is 131 cm³/mol. The fourth-order valence-electron chi connectivity index (χ4n) is 4.72. The number of aromatic nitrogens is 1. The van der Waals surface area contributed by atoms with Crippen LogP contribution in [0.25, 0.3) is 0 Å². The van der Waals surface area contributed by atoms with Gasteiger partial charge < -0.3 is 26.3 Å². The van der Waals surface area contributed by atoms with E-state index >= 15 is 0 Å². The van der Waals surface area contributed by atoms with Crippen molar-refractivity contribution in [1.29, 1.82) is 5.41 Å². The maximum Gasteiger partial charge on any atom is 0.419 e. The summed E-state index contributed by atoms with van der Waals surface area (Å²) >= 11 is 0. The molecule has 0 spiro atoms. The van der Waals surface area contributed by atoms with Gasteiger partial charge in [-0.3, -0.25) is 0 Å². The Kier molecular flexibility index (Phi) is 6.22. The molecule has 0 saturated carbocycles. The number of halogens is 3. The largest absolute Gasteiger partial charge is 0.419 e. The summed E-state index contributed by atoms with van der Waals surface area (Å²) in [6.07, 6.45) is -1.41. The highest BCUT2D eigenvalue weighted by Crippen LogP contribution is 2.40. The summed E-state index contributed by atoms with van der Waals surface area (Å²) in [4.78, 5) is 7.82. The van der Waals surface area contributed by atoms with Crippen molar-refractivity contribution < 1.29 is 13.2 Å². The number of nitrogens with zero attached hydrogens (tertiary/aromatic N) is 3. The molecule has 2 aromatic rings. The summed E-state index contributed by atoms with van der Waals surface area (Å²) in [5, 5.41) is 11.7. The van der Waals surface area contributed by atoms with Crippen molar-refractivity contribution in [2.75, 3.05) is 41.8 Å². The minimum absolute atomic E-state index is 0.0952. The SMILES string of the molecule is CN1CCC(C)(C)c2ccc(N/C(N)=C3\CCN(c4ncccc4C(F)(F)F)CCC3=N)cc21. The van der Waals surface area contributed by atoms with E-state index in [1.165, 1.54) is 17.8 Å². The third-order valence-corrected chi connectivity index (χ3v) is 6.83. The Bertz CT molecular complexity index is 1120. The number of rotatable bonds is 3. The average Bonchev–Trinajstić information content (AvgIpc) is 2.97. The fraction of sp³-hybridized carbons (Fsp3) is 0.440. The second-order valence-electron chi connectivity index (χ2n) is 9.64. The van der Waals surface area contributed by atoms with Crippen molar-refractivity contribution >= 4 is 22.9 Å². The lowest BCUT2D eigenvalue weighted by molar-refractivity contribution is -0.137. The van der Waals surface area contributed by atoms with E-state index < -0.39 is 11.7 Å². The number of hydrogen-bond acceptors (Lipinski definition) is 6. The molecule has 0 radical (unpaired) electrons. The second kappa shape index (κ2) is 8.85. The number of hydrogen-bond donors (Lipinski definition) is 3. The van der Waals surface area contributed by atoms with Crippen molar-refractivity contribution in [3.8, 4) is 0 Å². The normalized spacial score (nSPS) is 20.0. The molecule has 4 N–H and O–H groups in total. The summed E-state index contributed by atoms with van der Waals surface area (Å²) in [7, 11) is 2.07. The quantitative estimate of drug-likeness (QED) is 0.578. The summed E-state index contributed by atoms with van der Waals surface area (Å²) in [5.41, 5.74) is 9.93. The van der Waals surface area contributed by atoms with Gasteiger partial charge in [0.25, 0.3) is 0 Å². The molecule has 2 aliphatic heterocycles. The van der Waals surface area contributed by atoms with Crippen LogP contribution in [0.4, 0.5) is 30.4 Å². The fourth-order valence-corrected chi connectivity index (χ4v) is 4.72. The molecule has 1 saturated heterocycles. The Hall–Kier alpha value is -3.23. The van der Waals surface area contributed by atoms with Gasteiger partial charge in [0.1, 0.15) is 11.6 Å². The Morgan fingerprint density at radius 1 is 1.15 bits per heavy atom. The highest BCUT2D eigenvalue weighted by molar-refractivity contribution is 5.99. The van der Waals surface area contributed by atoms with Crippen LogP contribution in [0.5, 0.6) is 0 Å². The predicted octanol–water partition coefficient (Wildman–Crippen LogP) is 5.12. The molecule has 2 aliphatic rings. The smallest absolute Gasteiger partial charge is 0.385 e. The summed E-state index contributed by atoms with van der Waals surface area (Å²) in [5.74, 6) is 0.262. The van der Waals surface area contributed by atoms with Gasteiger partial charge in [0.2, 0.25) is 0 Å². The molecular weight excluding hydrogens is 441 g/mol. The van der Waals surface area contributed by atoms with Crippen molar-refractivity contribution in [2.45, 2.75) is 44.7 Å². The number of fused-ring (bicyclic) bond motifs is 1. The van der Waals surface area contributed by atoms with Crippen LogP contribution in [-0.4, -0.2) is 37.4 Å². The molecule has 1 aromatic carbocycles. The van der Waals surface area contributed by atoms with Gasteiger partial charge in [-0.1, -0.05) is 19.9 Å². The number of benzene rings is 1. The molecule has 0 unspecified atom stereocenters. The van der Waals surface area contributed by atoms with E-state index in [2.05, 4.69) is 48.2 Å². The van der Waals surface area contributed by atoms with Gasteiger partial charge in [-0.15, -0.1) is 0 Å². The first-order valence-electron chi connectivity index (χ1n) is 11.4. The van der Waals surface area contributed by atoms with E-state index in [0.29, 0.717) is 30.1 Å². The first-order chi connectivity index (χ1) is 16.0. The molecule has 0 atom stereocenters. The number of pyridine rings is 1. The zero-order valence-electron chi connectivity index (χ0n) is 19.8. The minimum Gasteiger partial charge on any atom is -0.385 e. The lowest BCUT2D eigenvalue weighted by atomic mass is 9.78. The van der Waals surface area contributed by atoms with Crippen LogP contribution in [0, 0.1) is 5.41 Å². The highest BCUT2D eigenvalue weighted by Gasteiger charge is 2.36. The average molecular weight is 473 g/mol. The van der Waals surface area contributed by atoms with E-state index in [4.69, 9.17) is 11.1 Å². The molecule has 1 fully saturated rings. The van der Waals surface area contributed by atoms with Crippen LogP contribution in [-0.2, 0) is 11.6 Å². The molecule has 6 nitrogen and oxygen atoms in total. The van der Waals surface area contributed by atoms with Crippen LogP contribution >= 0.6 is 0 Å². The number of alkyl halides is 3. The topological polar surface area (TPSA) is 81.3 Å². The Balaban J connectivity index is 1.56. The van der Waals surface area contributed by atoms with E-state index in [1.807, 2.05) is 6.07 Å². The van der Waals surface area contributed by atoms with Gasteiger partial charge in [-0.05, 0) is 48.1 Å². The van der Waals surface area contributed by atoms with Crippen molar-refractivity contribution in [2.24, 2.45) is 5.73 Å². The molecule has 0 aliphatic carbocycles. The van der Waals surface area contributed by atoms with Gasteiger partial charge in [-0.25, -0.2) is 4.98 Å². The van der Waals surface area contributed by atoms with Crippen LogP contribution < -0.4 is 20.9 Å². The monoisotopic (exact) mass is 472 g/mol. The maximum atomic E-state index is 13.5. The Labute approximate surface area is 198 Å². The Morgan fingerprint density at radius 3 is 2.62 bits per heavy atom. The molecule has 34 heavy (non-hydrogen) atoms. The highest BCUT2D eigenvalue weighted by atomic mass is 19.4. The number of nitrogens with one attached hydrogen (secondary N) is 2. The van der Waals surface area contributed by atoms with Crippen LogP contribution in [0.1, 0.15) is 44.2 Å². The molecule has 182 valence electrons. The lowest BCUT2D eigenvalue weighted by Gasteiger charge is -2.38. The first-order valence-corrected chi connectivity index (χ1v) is 11.4. The molecular formula is C25H31F3N6. The maximum absolute atomic E-state index is 13.5. The van der Waals surface area contributed by atoms with E-state index in [1.54, 1.807) is 4.90 Å². The summed E-state index contributed by atoms with van der Waals surface area (Å²) in [6, 6.07) is 8.50. The standard InChI is InChI=1S/C25H31F3N6/c1-24(2)10-14-33(3)21-15-16(6-7-18(21)24)32-22(30)17-8-12-34(13-9-20(17)29)23-19(25(26,27)28)5-4-11-31-23/h4-7,11,15,29,32H,8-10,12-14,30H2,1-3H3/b22-17+,29-20?. The van der Waals surface area contributed by atoms with Gasteiger partial charge in [-0.2, -0.15) is 13.2 Å². The summed E-state index contributed by atoms with van der Waals surface area (Å²) < 4.78 is 40.4. The van der Waals surface area contributed by atoms with E-state index in [-0.39, 0.29) is 24.2 Å². The third-order valence-electron chi connectivity index (χ3n) is 6.83. The van der Waals surface area contributed by atoms with Crippen molar-refractivity contribution in [3.63, 3.8) is 0 Å². The number of anilines is 3. The van der Waals surface area contributed by atoms with Crippen LogP contribution in [0.3, 0.4) is 0 Å². The zero-order valence-corrected chi connectivity index (χ0v) is 19.8.